The summed E-state index contributed by atoms with van der Waals surface area (Å²) in [6.07, 6.45) is 0. The van der Waals surface area contributed by atoms with Gasteiger partial charge in [-0.25, -0.2) is 0 Å². The van der Waals surface area contributed by atoms with Crippen LogP contribution in [0.15, 0.2) is 48.5 Å². The first kappa shape index (κ1) is 16.6. The summed E-state index contributed by atoms with van der Waals surface area (Å²) >= 11 is 0. The summed E-state index contributed by atoms with van der Waals surface area (Å²) in [6, 6.07) is 17.0. The van der Waals surface area contributed by atoms with E-state index in [0.717, 1.165) is 26.2 Å². The average molecular weight is 298 g/mol. The Bertz CT molecular complexity index is 517. The summed E-state index contributed by atoms with van der Waals surface area (Å²) in [6.45, 7) is 4.63. The topological polar surface area (TPSA) is 76.1 Å². The minimum atomic E-state index is 0.655. The van der Waals surface area contributed by atoms with Gasteiger partial charge in [0.1, 0.15) is 0 Å². The molecule has 0 radical (unpaired) electrons. The minimum Gasteiger partial charge on any atom is -0.329 e. The van der Waals surface area contributed by atoms with Gasteiger partial charge in [-0.3, -0.25) is 0 Å². The van der Waals surface area contributed by atoms with Crippen molar-refractivity contribution in [2.75, 3.05) is 26.2 Å². The van der Waals surface area contributed by atoms with E-state index in [4.69, 9.17) is 11.5 Å². The number of nitrogens with one attached hydrogen (secondary N) is 2. The van der Waals surface area contributed by atoms with Crippen LogP contribution in [-0.4, -0.2) is 26.2 Å². The fourth-order valence-electron chi connectivity index (χ4n) is 2.52. The molecule has 4 heteroatoms. The van der Waals surface area contributed by atoms with Gasteiger partial charge in [-0.05, 0) is 22.3 Å². The average Bonchev–Trinajstić information content (AvgIpc) is 2.56. The zero-order valence-corrected chi connectivity index (χ0v) is 13.0. The van der Waals surface area contributed by atoms with E-state index in [1.807, 2.05) is 0 Å². The van der Waals surface area contributed by atoms with Crippen LogP contribution >= 0.6 is 0 Å². The molecule has 0 aliphatic heterocycles. The summed E-state index contributed by atoms with van der Waals surface area (Å²) in [5.74, 6) is 0. The van der Waals surface area contributed by atoms with Crippen molar-refractivity contribution in [1.82, 2.24) is 10.6 Å². The molecule has 2 aromatic carbocycles. The molecule has 118 valence electrons. The van der Waals surface area contributed by atoms with Gasteiger partial charge >= 0.3 is 0 Å². The van der Waals surface area contributed by atoms with E-state index in [1.165, 1.54) is 22.3 Å². The number of hydrogen-bond donors (Lipinski definition) is 4. The van der Waals surface area contributed by atoms with Crippen LogP contribution in [-0.2, 0) is 13.1 Å². The van der Waals surface area contributed by atoms with Gasteiger partial charge in [-0.15, -0.1) is 0 Å². The zero-order chi connectivity index (χ0) is 15.6. The number of hydrogen-bond acceptors (Lipinski definition) is 4. The lowest BCUT2D eigenvalue weighted by Gasteiger charge is -2.15. The largest absolute Gasteiger partial charge is 0.329 e. The van der Waals surface area contributed by atoms with Crippen LogP contribution in [0.2, 0.25) is 0 Å². The Morgan fingerprint density at radius 2 is 1.05 bits per heavy atom. The van der Waals surface area contributed by atoms with E-state index < -0.39 is 0 Å². The van der Waals surface area contributed by atoms with Gasteiger partial charge in [0.25, 0.3) is 0 Å². The molecule has 6 N–H and O–H groups in total. The van der Waals surface area contributed by atoms with Crippen LogP contribution in [0.25, 0.3) is 11.1 Å². The maximum Gasteiger partial charge on any atom is 0.0212 e. The number of benzene rings is 2. The summed E-state index contributed by atoms with van der Waals surface area (Å²) in [5.41, 5.74) is 16.2. The van der Waals surface area contributed by atoms with E-state index >= 15 is 0 Å². The van der Waals surface area contributed by atoms with Crippen LogP contribution in [0.5, 0.6) is 0 Å². The van der Waals surface area contributed by atoms with Gasteiger partial charge in [0.15, 0.2) is 0 Å². The molecule has 4 nitrogen and oxygen atoms in total. The highest BCUT2D eigenvalue weighted by molar-refractivity contribution is 5.70. The Labute approximate surface area is 132 Å². The molecule has 0 heterocycles. The van der Waals surface area contributed by atoms with Crippen LogP contribution in [0.4, 0.5) is 0 Å². The molecular weight excluding hydrogens is 272 g/mol. The maximum atomic E-state index is 5.55. The lowest BCUT2D eigenvalue weighted by molar-refractivity contribution is 0.692. The first-order valence-corrected chi connectivity index (χ1v) is 7.84. The molecule has 0 saturated heterocycles. The van der Waals surface area contributed by atoms with Crippen molar-refractivity contribution in [3.63, 3.8) is 0 Å². The molecule has 0 aromatic heterocycles. The second-order valence-electron chi connectivity index (χ2n) is 5.25. The third kappa shape index (κ3) is 4.64. The van der Waals surface area contributed by atoms with Crippen molar-refractivity contribution in [1.29, 1.82) is 0 Å². The zero-order valence-electron chi connectivity index (χ0n) is 13.0. The van der Waals surface area contributed by atoms with E-state index in [9.17, 15) is 0 Å². The lowest BCUT2D eigenvalue weighted by Crippen LogP contribution is -2.23. The fourth-order valence-corrected chi connectivity index (χ4v) is 2.52. The summed E-state index contributed by atoms with van der Waals surface area (Å²) in [4.78, 5) is 0. The SMILES string of the molecule is NCCNCc1ccccc1-c1ccccc1CNCCN. The van der Waals surface area contributed by atoms with Crippen LogP contribution in [0.1, 0.15) is 11.1 Å². The minimum absolute atomic E-state index is 0.655. The summed E-state index contributed by atoms with van der Waals surface area (Å²) < 4.78 is 0. The van der Waals surface area contributed by atoms with Crippen LogP contribution in [0, 0.1) is 0 Å². The van der Waals surface area contributed by atoms with E-state index in [-0.39, 0.29) is 0 Å². The van der Waals surface area contributed by atoms with Crippen molar-refractivity contribution >= 4 is 0 Å². The molecule has 2 rings (SSSR count). The predicted molar refractivity (Wildman–Crippen MR) is 93.4 cm³/mol. The van der Waals surface area contributed by atoms with Crippen LogP contribution < -0.4 is 22.1 Å². The van der Waals surface area contributed by atoms with E-state index in [1.54, 1.807) is 0 Å². The Kier molecular flexibility index (Phi) is 7.06. The van der Waals surface area contributed by atoms with Gasteiger partial charge in [-0.1, -0.05) is 48.5 Å². The van der Waals surface area contributed by atoms with Gasteiger partial charge in [0.2, 0.25) is 0 Å². The van der Waals surface area contributed by atoms with Crippen molar-refractivity contribution in [3.8, 4) is 11.1 Å². The number of rotatable bonds is 9. The van der Waals surface area contributed by atoms with Gasteiger partial charge in [0.05, 0.1) is 0 Å². The normalized spacial score (nSPS) is 10.8. The molecule has 0 bridgehead atoms. The quantitative estimate of drug-likeness (QED) is 0.529. The Morgan fingerprint density at radius 3 is 1.45 bits per heavy atom. The summed E-state index contributed by atoms with van der Waals surface area (Å²) in [5, 5.41) is 6.75. The third-order valence-electron chi connectivity index (χ3n) is 3.60. The second kappa shape index (κ2) is 9.33. The van der Waals surface area contributed by atoms with Crippen LogP contribution in [0.3, 0.4) is 0 Å². The maximum absolute atomic E-state index is 5.55. The molecule has 0 fully saturated rings. The fraction of sp³-hybridized carbons (Fsp3) is 0.333. The Balaban J connectivity index is 2.23. The summed E-state index contributed by atoms with van der Waals surface area (Å²) in [7, 11) is 0. The second-order valence-corrected chi connectivity index (χ2v) is 5.25. The lowest BCUT2D eigenvalue weighted by atomic mass is 9.95. The first-order chi connectivity index (χ1) is 10.9. The molecule has 2 aromatic rings. The highest BCUT2D eigenvalue weighted by atomic mass is 14.9. The first-order valence-electron chi connectivity index (χ1n) is 7.84. The number of nitrogens with two attached hydrogens (primary N) is 2. The molecule has 0 saturated carbocycles. The molecule has 0 atom stereocenters. The molecule has 0 aliphatic carbocycles. The molecule has 0 unspecified atom stereocenters. The molecular formula is C18H26N4. The molecule has 0 spiro atoms. The monoisotopic (exact) mass is 298 g/mol. The predicted octanol–water partition coefficient (Wildman–Crippen LogP) is 1.45. The molecule has 0 amide bonds. The van der Waals surface area contributed by atoms with Crippen molar-refractivity contribution < 1.29 is 0 Å². The standard InChI is InChI=1S/C18H26N4/c19-9-11-21-13-15-5-1-3-7-17(15)18-8-4-2-6-16(18)14-22-12-10-20/h1-8,21-22H,9-14,19-20H2. The highest BCUT2D eigenvalue weighted by Gasteiger charge is 2.08. The van der Waals surface area contributed by atoms with Gasteiger partial charge in [0, 0.05) is 39.3 Å². The highest BCUT2D eigenvalue weighted by Crippen LogP contribution is 2.27. The molecule has 22 heavy (non-hydrogen) atoms. The smallest absolute Gasteiger partial charge is 0.0212 e. The van der Waals surface area contributed by atoms with Gasteiger partial charge < -0.3 is 22.1 Å². The third-order valence-corrected chi connectivity index (χ3v) is 3.60. The van der Waals surface area contributed by atoms with E-state index in [2.05, 4.69) is 59.2 Å². The van der Waals surface area contributed by atoms with Crippen molar-refractivity contribution in [2.24, 2.45) is 11.5 Å². The van der Waals surface area contributed by atoms with Crippen molar-refractivity contribution in [2.45, 2.75) is 13.1 Å². The Hall–Kier alpha value is -1.72. The van der Waals surface area contributed by atoms with Crippen molar-refractivity contribution in [3.05, 3.63) is 59.7 Å². The van der Waals surface area contributed by atoms with Gasteiger partial charge in [-0.2, -0.15) is 0 Å². The Morgan fingerprint density at radius 1 is 0.636 bits per heavy atom. The van der Waals surface area contributed by atoms with E-state index in [0.29, 0.717) is 13.1 Å². The molecule has 0 aliphatic rings.